The molecule has 1 aliphatic rings. The summed E-state index contributed by atoms with van der Waals surface area (Å²) in [5.74, 6) is 0. The van der Waals surface area contributed by atoms with Gasteiger partial charge in [-0.1, -0.05) is 0 Å². The van der Waals surface area contributed by atoms with Crippen LogP contribution in [0.2, 0.25) is 0 Å². The summed E-state index contributed by atoms with van der Waals surface area (Å²) in [5, 5.41) is 8.67. The lowest BCUT2D eigenvalue weighted by Gasteiger charge is -2.20. The minimum atomic E-state index is -4.48. The normalized spacial score (nSPS) is 15.5. The van der Waals surface area contributed by atoms with Gasteiger partial charge in [0, 0.05) is 18.8 Å². The first-order chi connectivity index (χ1) is 7.93. The molecule has 0 heterocycles. The molecule has 17 heavy (non-hydrogen) atoms. The minimum Gasteiger partial charge on any atom is -0.372 e. The fraction of sp³-hybridized carbons (Fsp3) is 0.417. The Kier molecular flexibility index (Phi) is 2.74. The quantitative estimate of drug-likeness (QED) is 0.793. The second-order valence-electron chi connectivity index (χ2n) is 4.18. The smallest absolute Gasteiger partial charge is 0.372 e. The van der Waals surface area contributed by atoms with Crippen molar-refractivity contribution in [3.63, 3.8) is 0 Å². The maximum absolute atomic E-state index is 12.7. The second-order valence-corrected chi connectivity index (χ2v) is 4.18. The van der Waals surface area contributed by atoms with Crippen LogP contribution in [0.25, 0.3) is 0 Å². The molecule has 0 spiro atoms. The van der Waals surface area contributed by atoms with Gasteiger partial charge in [-0.25, -0.2) is 0 Å². The van der Waals surface area contributed by atoms with Gasteiger partial charge in [0.05, 0.1) is 17.2 Å². The van der Waals surface area contributed by atoms with Gasteiger partial charge < -0.3 is 4.90 Å². The number of hydrogen-bond acceptors (Lipinski definition) is 2. The molecule has 1 saturated carbocycles. The van der Waals surface area contributed by atoms with Crippen molar-refractivity contribution in [3.05, 3.63) is 29.3 Å². The third kappa shape index (κ3) is 2.36. The van der Waals surface area contributed by atoms with Crippen molar-refractivity contribution in [1.82, 2.24) is 0 Å². The summed E-state index contributed by atoms with van der Waals surface area (Å²) in [6, 6.07) is 5.76. The molecular formula is C12H11F3N2. The molecule has 0 bridgehead atoms. The summed E-state index contributed by atoms with van der Waals surface area (Å²) in [7, 11) is 1.78. The highest BCUT2D eigenvalue weighted by molar-refractivity contribution is 5.55. The predicted molar refractivity (Wildman–Crippen MR) is 57.6 cm³/mol. The zero-order chi connectivity index (χ0) is 12.6. The molecular weight excluding hydrogens is 229 g/mol. The van der Waals surface area contributed by atoms with Crippen molar-refractivity contribution >= 4 is 5.69 Å². The standard InChI is InChI=1S/C12H11F3N2/c1-17(9-4-5-9)10-3-2-8(7-16)11(6-10)12(13,14)15/h2-3,6,9H,4-5H2,1H3. The topological polar surface area (TPSA) is 27.0 Å². The molecule has 90 valence electrons. The number of halogens is 3. The van der Waals surface area contributed by atoms with E-state index in [2.05, 4.69) is 0 Å². The van der Waals surface area contributed by atoms with Gasteiger partial charge in [-0.15, -0.1) is 0 Å². The molecule has 2 nitrogen and oxygen atoms in total. The summed E-state index contributed by atoms with van der Waals surface area (Å²) in [6.45, 7) is 0. The Morgan fingerprint density at radius 2 is 2.00 bits per heavy atom. The molecule has 1 aliphatic carbocycles. The molecule has 0 N–H and O–H groups in total. The monoisotopic (exact) mass is 240 g/mol. The molecule has 2 rings (SSSR count). The fourth-order valence-electron chi connectivity index (χ4n) is 1.76. The molecule has 0 aromatic heterocycles. The minimum absolute atomic E-state index is 0.328. The molecule has 1 aromatic carbocycles. The van der Waals surface area contributed by atoms with Crippen LogP contribution >= 0.6 is 0 Å². The van der Waals surface area contributed by atoms with E-state index >= 15 is 0 Å². The van der Waals surface area contributed by atoms with Crippen molar-refractivity contribution < 1.29 is 13.2 Å². The highest BCUT2D eigenvalue weighted by atomic mass is 19.4. The van der Waals surface area contributed by atoms with Crippen LogP contribution in [0.5, 0.6) is 0 Å². The summed E-state index contributed by atoms with van der Waals surface area (Å²) in [6.07, 6.45) is -2.46. The van der Waals surface area contributed by atoms with Crippen LogP contribution in [0.1, 0.15) is 24.0 Å². The van der Waals surface area contributed by atoms with Crippen molar-refractivity contribution in [2.75, 3.05) is 11.9 Å². The number of anilines is 1. The Labute approximate surface area is 97.3 Å². The summed E-state index contributed by atoms with van der Waals surface area (Å²) in [5.41, 5.74) is -0.672. The van der Waals surface area contributed by atoms with E-state index in [-0.39, 0.29) is 5.56 Å². The second kappa shape index (κ2) is 3.95. The number of alkyl halides is 3. The van der Waals surface area contributed by atoms with E-state index < -0.39 is 11.7 Å². The first kappa shape index (κ1) is 11.8. The largest absolute Gasteiger partial charge is 0.417 e. The van der Waals surface area contributed by atoms with Gasteiger partial charge in [0.15, 0.2) is 0 Å². The van der Waals surface area contributed by atoms with E-state index in [0.29, 0.717) is 11.7 Å². The Balaban J connectivity index is 2.41. The molecule has 0 amide bonds. The van der Waals surface area contributed by atoms with E-state index in [1.807, 2.05) is 4.90 Å². The third-order valence-corrected chi connectivity index (χ3v) is 2.93. The summed E-state index contributed by atoms with van der Waals surface area (Å²) in [4.78, 5) is 1.83. The number of nitriles is 1. The van der Waals surface area contributed by atoms with E-state index in [4.69, 9.17) is 5.26 Å². The van der Waals surface area contributed by atoms with Crippen LogP contribution in [0.3, 0.4) is 0 Å². The first-order valence-corrected chi connectivity index (χ1v) is 5.27. The summed E-state index contributed by atoms with van der Waals surface area (Å²) >= 11 is 0. The molecule has 1 fully saturated rings. The predicted octanol–water partition coefficient (Wildman–Crippen LogP) is 3.18. The van der Waals surface area contributed by atoms with E-state index in [0.717, 1.165) is 18.9 Å². The van der Waals surface area contributed by atoms with Gasteiger partial charge in [0.25, 0.3) is 0 Å². The number of benzene rings is 1. The van der Waals surface area contributed by atoms with Crippen LogP contribution in [0.15, 0.2) is 18.2 Å². The average molecular weight is 240 g/mol. The van der Waals surface area contributed by atoms with E-state index in [9.17, 15) is 13.2 Å². The van der Waals surface area contributed by atoms with Gasteiger partial charge in [0.2, 0.25) is 0 Å². The number of hydrogen-bond donors (Lipinski definition) is 0. The van der Waals surface area contributed by atoms with E-state index in [1.165, 1.54) is 6.07 Å². The van der Waals surface area contributed by atoms with Gasteiger partial charge >= 0.3 is 6.18 Å². The number of nitrogens with zero attached hydrogens (tertiary/aromatic N) is 2. The number of rotatable bonds is 2. The Hall–Kier alpha value is -1.70. The fourth-order valence-corrected chi connectivity index (χ4v) is 1.76. The van der Waals surface area contributed by atoms with Crippen LogP contribution in [-0.2, 0) is 6.18 Å². The SMILES string of the molecule is CN(c1ccc(C#N)c(C(F)(F)F)c1)C1CC1. The zero-order valence-corrected chi connectivity index (χ0v) is 9.25. The van der Waals surface area contributed by atoms with Crippen LogP contribution in [0.4, 0.5) is 18.9 Å². The maximum atomic E-state index is 12.7. The van der Waals surface area contributed by atoms with Crippen molar-refractivity contribution in [1.29, 1.82) is 5.26 Å². The Bertz CT molecular complexity index is 470. The third-order valence-electron chi connectivity index (χ3n) is 2.93. The maximum Gasteiger partial charge on any atom is 0.417 e. The Morgan fingerprint density at radius 3 is 2.47 bits per heavy atom. The highest BCUT2D eigenvalue weighted by Crippen LogP contribution is 2.36. The molecule has 0 atom stereocenters. The van der Waals surface area contributed by atoms with E-state index in [1.54, 1.807) is 19.2 Å². The average Bonchev–Trinajstić information content (AvgIpc) is 3.10. The van der Waals surface area contributed by atoms with Gasteiger partial charge in [-0.05, 0) is 31.0 Å². The summed E-state index contributed by atoms with van der Waals surface area (Å²) < 4.78 is 38.2. The van der Waals surface area contributed by atoms with Crippen LogP contribution in [-0.4, -0.2) is 13.1 Å². The molecule has 0 saturated heterocycles. The lowest BCUT2D eigenvalue weighted by atomic mass is 10.1. The lowest BCUT2D eigenvalue weighted by Crippen LogP contribution is -2.20. The van der Waals surface area contributed by atoms with Crippen molar-refractivity contribution in [2.45, 2.75) is 25.1 Å². The molecule has 0 unspecified atom stereocenters. The molecule has 1 aromatic rings. The lowest BCUT2D eigenvalue weighted by molar-refractivity contribution is -0.137. The van der Waals surface area contributed by atoms with Crippen molar-refractivity contribution in [3.8, 4) is 6.07 Å². The van der Waals surface area contributed by atoms with Crippen LogP contribution in [0, 0.1) is 11.3 Å². The highest BCUT2D eigenvalue weighted by Gasteiger charge is 2.35. The van der Waals surface area contributed by atoms with Gasteiger partial charge in [-0.2, -0.15) is 18.4 Å². The first-order valence-electron chi connectivity index (χ1n) is 5.27. The molecule has 5 heteroatoms. The molecule has 0 radical (unpaired) electrons. The van der Waals surface area contributed by atoms with Crippen LogP contribution < -0.4 is 4.90 Å². The Morgan fingerprint density at radius 1 is 1.35 bits per heavy atom. The van der Waals surface area contributed by atoms with Crippen molar-refractivity contribution in [2.24, 2.45) is 0 Å². The zero-order valence-electron chi connectivity index (χ0n) is 9.25. The van der Waals surface area contributed by atoms with Gasteiger partial charge in [0.1, 0.15) is 0 Å². The van der Waals surface area contributed by atoms with Gasteiger partial charge in [-0.3, -0.25) is 0 Å². The molecule has 0 aliphatic heterocycles.